The lowest BCUT2D eigenvalue weighted by atomic mass is 10.3. The SMILES string of the molecule is Cc1cc(CNC(=O)c2ccc(COc3c(F)c(F)cc(F)c3F)o2)nn1C. The highest BCUT2D eigenvalue weighted by molar-refractivity contribution is 5.91. The average Bonchev–Trinajstić information content (AvgIpc) is 3.25. The minimum Gasteiger partial charge on any atom is -0.479 e. The Bertz CT molecular complexity index is 984. The van der Waals surface area contributed by atoms with Crippen LogP contribution in [-0.2, 0) is 20.2 Å². The molecule has 1 amide bonds. The van der Waals surface area contributed by atoms with Crippen LogP contribution in [0.4, 0.5) is 17.6 Å². The molecule has 0 bridgehead atoms. The molecule has 1 aromatic carbocycles. The second-order valence-electron chi connectivity index (χ2n) is 5.94. The van der Waals surface area contributed by atoms with Crippen molar-refractivity contribution < 1.29 is 31.5 Å². The minimum absolute atomic E-state index is 0.0299. The topological polar surface area (TPSA) is 69.3 Å². The van der Waals surface area contributed by atoms with E-state index in [0.717, 1.165) is 5.69 Å². The second kappa shape index (κ2) is 7.75. The molecule has 0 atom stereocenters. The van der Waals surface area contributed by atoms with Gasteiger partial charge < -0.3 is 14.5 Å². The first kappa shape index (κ1) is 19.5. The fraction of sp³-hybridized carbons (Fsp3) is 0.222. The summed E-state index contributed by atoms with van der Waals surface area (Å²) in [6.07, 6.45) is 0. The van der Waals surface area contributed by atoms with Gasteiger partial charge in [-0.1, -0.05) is 0 Å². The first-order chi connectivity index (χ1) is 13.3. The number of carbonyl (C=O) groups excluding carboxylic acids is 1. The third-order valence-electron chi connectivity index (χ3n) is 3.91. The Hall–Kier alpha value is -3.30. The summed E-state index contributed by atoms with van der Waals surface area (Å²) in [7, 11) is 1.77. The highest BCUT2D eigenvalue weighted by Gasteiger charge is 2.21. The molecule has 0 fully saturated rings. The lowest BCUT2D eigenvalue weighted by Crippen LogP contribution is -2.22. The molecule has 2 heterocycles. The van der Waals surface area contributed by atoms with Gasteiger partial charge in [0, 0.05) is 18.8 Å². The van der Waals surface area contributed by atoms with Gasteiger partial charge in [0.15, 0.2) is 23.1 Å². The third-order valence-corrected chi connectivity index (χ3v) is 3.91. The molecule has 3 aromatic rings. The van der Waals surface area contributed by atoms with Gasteiger partial charge in [-0.05, 0) is 25.1 Å². The average molecular weight is 397 g/mol. The van der Waals surface area contributed by atoms with Crippen LogP contribution in [0.1, 0.15) is 27.7 Å². The van der Waals surface area contributed by atoms with Gasteiger partial charge in [0.1, 0.15) is 12.4 Å². The number of nitrogens with zero attached hydrogens (tertiary/aromatic N) is 2. The third kappa shape index (κ3) is 4.00. The molecule has 1 N–H and O–H groups in total. The zero-order valence-electron chi connectivity index (χ0n) is 14.9. The second-order valence-corrected chi connectivity index (χ2v) is 5.94. The van der Waals surface area contributed by atoms with Gasteiger partial charge in [0.2, 0.25) is 11.6 Å². The van der Waals surface area contributed by atoms with Crippen molar-refractivity contribution in [2.45, 2.75) is 20.1 Å². The van der Waals surface area contributed by atoms with E-state index in [1.165, 1.54) is 12.1 Å². The van der Waals surface area contributed by atoms with Gasteiger partial charge in [-0.25, -0.2) is 8.78 Å². The van der Waals surface area contributed by atoms with Crippen molar-refractivity contribution in [1.29, 1.82) is 0 Å². The van der Waals surface area contributed by atoms with Gasteiger partial charge in [0.05, 0.1) is 12.2 Å². The number of aryl methyl sites for hydroxylation is 2. The maximum absolute atomic E-state index is 13.6. The van der Waals surface area contributed by atoms with Crippen LogP contribution >= 0.6 is 0 Å². The fourth-order valence-corrected chi connectivity index (χ4v) is 2.38. The Balaban J connectivity index is 1.62. The lowest BCUT2D eigenvalue weighted by molar-refractivity contribution is 0.0918. The first-order valence-electron chi connectivity index (χ1n) is 8.08. The Morgan fingerprint density at radius 2 is 1.86 bits per heavy atom. The number of furan rings is 1. The first-order valence-corrected chi connectivity index (χ1v) is 8.08. The number of rotatable bonds is 6. The van der Waals surface area contributed by atoms with E-state index in [4.69, 9.17) is 9.15 Å². The Morgan fingerprint density at radius 3 is 2.46 bits per heavy atom. The number of hydrogen-bond acceptors (Lipinski definition) is 4. The van der Waals surface area contributed by atoms with Gasteiger partial charge in [-0.3, -0.25) is 9.48 Å². The molecule has 0 aliphatic rings. The molecule has 0 unspecified atom stereocenters. The number of benzene rings is 1. The van der Waals surface area contributed by atoms with Crippen molar-refractivity contribution in [3.8, 4) is 5.75 Å². The number of nitrogens with one attached hydrogen (secondary N) is 1. The van der Waals surface area contributed by atoms with Crippen LogP contribution in [0.5, 0.6) is 5.75 Å². The monoisotopic (exact) mass is 397 g/mol. The molecular formula is C18H15F4N3O3. The zero-order chi connectivity index (χ0) is 20.4. The van der Waals surface area contributed by atoms with Crippen molar-refractivity contribution in [2.75, 3.05) is 0 Å². The van der Waals surface area contributed by atoms with Crippen LogP contribution in [0.2, 0.25) is 0 Å². The molecule has 0 saturated carbocycles. The zero-order valence-corrected chi connectivity index (χ0v) is 14.9. The summed E-state index contributed by atoms with van der Waals surface area (Å²) in [6, 6.07) is 4.56. The Kier molecular flexibility index (Phi) is 5.39. The number of ether oxygens (including phenoxy) is 1. The standard InChI is InChI=1S/C18H15F4N3O3/c1-9-5-10(24-25(9)2)7-23-18(26)14-4-3-11(28-14)8-27-17-15(21)12(19)6-13(20)16(17)22/h3-6H,7-8H2,1-2H3,(H,23,26). The van der Waals surface area contributed by atoms with Crippen LogP contribution in [-0.4, -0.2) is 15.7 Å². The summed E-state index contributed by atoms with van der Waals surface area (Å²) >= 11 is 0. The van der Waals surface area contributed by atoms with E-state index < -0.39 is 41.5 Å². The molecule has 10 heteroatoms. The Morgan fingerprint density at radius 1 is 1.18 bits per heavy atom. The Labute approximate surface area is 156 Å². The molecule has 0 saturated heterocycles. The largest absolute Gasteiger partial charge is 0.479 e. The van der Waals surface area contributed by atoms with E-state index >= 15 is 0 Å². The summed E-state index contributed by atoms with van der Waals surface area (Å²) in [5.41, 5.74) is 1.58. The van der Waals surface area contributed by atoms with Crippen molar-refractivity contribution in [2.24, 2.45) is 7.05 Å². The predicted molar refractivity (Wildman–Crippen MR) is 88.4 cm³/mol. The molecule has 3 rings (SSSR count). The molecular weight excluding hydrogens is 382 g/mol. The molecule has 0 radical (unpaired) electrons. The molecule has 0 aliphatic carbocycles. The number of halogens is 4. The molecule has 2 aromatic heterocycles. The summed E-state index contributed by atoms with van der Waals surface area (Å²) in [6.45, 7) is 1.50. The van der Waals surface area contributed by atoms with E-state index in [-0.39, 0.29) is 24.1 Å². The predicted octanol–water partition coefficient (Wildman–Crippen LogP) is 3.39. The van der Waals surface area contributed by atoms with Crippen LogP contribution in [0.3, 0.4) is 0 Å². The number of carbonyl (C=O) groups is 1. The van der Waals surface area contributed by atoms with Gasteiger partial charge in [-0.2, -0.15) is 13.9 Å². The minimum atomic E-state index is -1.66. The van der Waals surface area contributed by atoms with Crippen molar-refractivity contribution in [1.82, 2.24) is 15.1 Å². The van der Waals surface area contributed by atoms with Gasteiger partial charge in [0.25, 0.3) is 5.91 Å². The molecule has 0 aliphatic heterocycles. The molecule has 28 heavy (non-hydrogen) atoms. The van der Waals surface area contributed by atoms with Crippen molar-refractivity contribution in [3.63, 3.8) is 0 Å². The lowest BCUT2D eigenvalue weighted by Gasteiger charge is -2.08. The smallest absolute Gasteiger partial charge is 0.287 e. The van der Waals surface area contributed by atoms with E-state index in [0.29, 0.717) is 5.69 Å². The molecule has 6 nitrogen and oxygen atoms in total. The van der Waals surface area contributed by atoms with Gasteiger partial charge >= 0.3 is 0 Å². The van der Waals surface area contributed by atoms with Crippen LogP contribution in [0.15, 0.2) is 28.7 Å². The molecule has 148 valence electrons. The van der Waals surface area contributed by atoms with Gasteiger partial charge in [-0.15, -0.1) is 0 Å². The van der Waals surface area contributed by atoms with E-state index in [9.17, 15) is 22.4 Å². The number of hydrogen-bond donors (Lipinski definition) is 1. The fourth-order valence-electron chi connectivity index (χ4n) is 2.38. The van der Waals surface area contributed by atoms with Crippen LogP contribution < -0.4 is 10.1 Å². The summed E-state index contributed by atoms with van der Waals surface area (Å²) in [5, 5.41) is 6.80. The quantitative estimate of drug-likeness (QED) is 0.512. The van der Waals surface area contributed by atoms with Crippen LogP contribution in [0, 0.1) is 30.2 Å². The number of aromatic nitrogens is 2. The molecule has 0 spiro atoms. The summed E-state index contributed by atoms with van der Waals surface area (Å²) in [4.78, 5) is 12.1. The van der Waals surface area contributed by atoms with E-state index in [1.807, 2.05) is 13.0 Å². The highest BCUT2D eigenvalue weighted by atomic mass is 19.2. The van der Waals surface area contributed by atoms with Crippen molar-refractivity contribution in [3.05, 3.63) is 70.4 Å². The summed E-state index contributed by atoms with van der Waals surface area (Å²) < 4.78 is 65.1. The van der Waals surface area contributed by atoms with Crippen molar-refractivity contribution >= 4 is 5.91 Å². The normalized spacial score (nSPS) is 10.9. The van der Waals surface area contributed by atoms with E-state index in [2.05, 4.69) is 10.4 Å². The maximum atomic E-state index is 13.6. The maximum Gasteiger partial charge on any atom is 0.287 e. The highest BCUT2D eigenvalue weighted by Crippen LogP contribution is 2.27. The van der Waals surface area contributed by atoms with E-state index in [1.54, 1.807) is 11.7 Å². The number of amides is 1. The van der Waals surface area contributed by atoms with Crippen LogP contribution in [0.25, 0.3) is 0 Å². The summed E-state index contributed by atoms with van der Waals surface area (Å²) in [5.74, 6) is -8.27.